The molecule has 0 aliphatic rings. The smallest absolute Gasteiger partial charge is 0.225 e. The van der Waals surface area contributed by atoms with Crippen LogP contribution in [0.15, 0.2) is 28.1 Å². The standard InChI is InChI=1S/C7H5IN2O3S/c8-5-1-2-6(10-4-11)7(3-5)14(9,12)13/h1-3H,(H2,9,12,13). The van der Waals surface area contributed by atoms with Gasteiger partial charge in [0.25, 0.3) is 0 Å². The van der Waals surface area contributed by atoms with Crippen molar-refractivity contribution in [3.63, 3.8) is 0 Å². The van der Waals surface area contributed by atoms with Crippen LogP contribution in [-0.4, -0.2) is 14.5 Å². The molecule has 74 valence electrons. The molecule has 0 spiro atoms. The van der Waals surface area contributed by atoms with Crippen LogP contribution >= 0.6 is 22.6 Å². The summed E-state index contributed by atoms with van der Waals surface area (Å²) in [6, 6.07) is 4.35. The number of isocyanates is 1. The Bertz CT molecular complexity index is 506. The molecule has 0 bridgehead atoms. The Balaban J connectivity index is 3.53. The molecule has 0 aliphatic carbocycles. The van der Waals surface area contributed by atoms with E-state index < -0.39 is 10.0 Å². The summed E-state index contributed by atoms with van der Waals surface area (Å²) >= 11 is 1.93. The lowest BCUT2D eigenvalue weighted by Gasteiger charge is -2.01. The van der Waals surface area contributed by atoms with Crippen LogP contribution in [0.5, 0.6) is 0 Å². The van der Waals surface area contributed by atoms with Gasteiger partial charge in [-0.15, -0.1) is 0 Å². The highest BCUT2D eigenvalue weighted by Gasteiger charge is 2.13. The van der Waals surface area contributed by atoms with Gasteiger partial charge in [0.15, 0.2) is 0 Å². The van der Waals surface area contributed by atoms with Gasteiger partial charge >= 0.3 is 0 Å². The number of primary sulfonamides is 1. The molecule has 0 unspecified atom stereocenters. The summed E-state index contributed by atoms with van der Waals surface area (Å²) in [7, 11) is -3.86. The summed E-state index contributed by atoms with van der Waals surface area (Å²) < 4.78 is 22.8. The van der Waals surface area contributed by atoms with Gasteiger partial charge in [-0.05, 0) is 40.8 Å². The summed E-state index contributed by atoms with van der Waals surface area (Å²) in [5, 5.41) is 4.94. The van der Waals surface area contributed by atoms with Crippen LogP contribution < -0.4 is 5.14 Å². The largest absolute Gasteiger partial charge is 0.240 e. The molecule has 0 saturated heterocycles. The van der Waals surface area contributed by atoms with Crippen molar-refractivity contribution in [1.29, 1.82) is 0 Å². The fourth-order valence-electron chi connectivity index (χ4n) is 0.857. The minimum atomic E-state index is -3.86. The van der Waals surface area contributed by atoms with Crippen molar-refractivity contribution in [2.45, 2.75) is 4.90 Å². The molecule has 0 saturated carbocycles. The van der Waals surface area contributed by atoms with E-state index in [1.54, 1.807) is 6.07 Å². The third-order valence-electron chi connectivity index (χ3n) is 1.39. The number of nitrogens with two attached hydrogens (primary N) is 1. The highest BCUT2D eigenvalue weighted by Crippen LogP contribution is 2.24. The molecule has 0 atom stereocenters. The van der Waals surface area contributed by atoms with E-state index in [0.29, 0.717) is 3.57 Å². The number of halogens is 1. The number of hydrogen-bond donors (Lipinski definition) is 1. The number of rotatable bonds is 2. The van der Waals surface area contributed by atoms with Gasteiger partial charge in [-0.2, -0.15) is 4.99 Å². The van der Waals surface area contributed by atoms with E-state index in [2.05, 4.69) is 4.99 Å². The van der Waals surface area contributed by atoms with Crippen molar-refractivity contribution in [1.82, 2.24) is 0 Å². The monoisotopic (exact) mass is 324 g/mol. The second kappa shape index (κ2) is 4.18. The summed E-state index contributed by atoms with van der Waals surface area (Å²) in [6.45, 7) is 0. The highest BCUT2D eigenvalue weighted by molar-refractivity contribution is 14.1. The Morgan fingerprint density at radius 2 is 2.07 bits per heavy atom. The van der Waals surface area contributed by atoms with Gasteiger partial charge in [-0.3, -0.25) is 0 Å². The molecule has 7 heteroatoms. The molecule has 0 amide bonds. The van der Waals surface area contributed by atoms with Crippen molar-refractivity contribution >= 4 is 44.4 Å². The van der Waals surface area contributed by atoms with Gasteiger partial charge < -0.3 is 0 Å². The van der Waals surface area contributed by atoms with Gasteiger partial charge in [-0.25, -0.2) is 18.4 Å². The molecule has 0 radical (unpaired) electrons. The zero-order chi connectivity index (χ0) is 10.8. The van der Waals surface area contributed by atoms with Crippen LogP contribution in [0, 0.1) is 3.57 Å². The van der Waals surface area contributed by atoms with Crippen LogP contribution in [0.25, 0.3) is 0 Å². The summed E-state index contributed by atoms with van der Waals surface area (Å²) in [6.07, 6.45) is 1.27. The number of benzene rings is 1. The second-order valence-corrected chi connectivity index (χ2v) is 5.14. The van der Waals surface area contributed by atoms with Crippen LogP contribution in [0.3, 0.4) is 0 Å². The SMILES string of the molecule is NS(=O)(=O)c1cc(I)ccc1N=C=O. The predicted octanol–water partition coefficient (Wildman–Crippen LogP) is 0.906. The van der Waals surface area contributed by atoms with Gasteiger partial charge in [0.05, 0.1) is 5.69 Å². The molecular weight excluding hydrogens is 319 g/mol. The molecular formula is C7H5IN2O3S. The Morgan fingerprint density at radius 3 is 2.57 bits per heavy atom. The van der Waals surface area contributed by atoms with E-state index in [0.717, 1.165) is 0 Å². The molecule has 14 heavy (non-hydrogen) atoms. The Hall–Kier alpha value is -0.760. The molecule has 0 aliphatic heterocycles. The first-order valence-corrected chi connectivity index (χ1v) is 5.98. The average molecular weight is 324 g/mol. The summed E-state index contributed by atoms with van der Waals surface area (Å²) in [5.41, 5.74) is 0.00270. The maximum Gasteiger partial charge on any atom is 0.240 e. The average Bonchev–Trinajstić information content (AvgIpc) is 2.07. The van der Waals surface area contributed by atoms with Crippen molar-refractivity contribution in [3.05, 3.63) is 21.8 Å². The normalized spacial score (nSPS) is 10.7. The Labute approximate surface area is 94.2 Å². The lowest BCUT2D eigenvalue weighted by Crippen LogP contribution is -2.12. The lowest BCUT2D eigenvalue weighted by atomic mass is 10.3. The molecule has 0 fully saturated rings. The fraction of sp³-hybridized carbons (Fsp3) is 0. The minimum Gasteiger partial charge on any atom is -0.225 e. The quantitative estimate of drug-likeness (QED) is 0.498. The maximum atomic E-state index is 11.1. The number of nitrogens with zero attached hydrogens (tertiary/aromatic N) is 1. The van der Waals surface area contributed by atoms with E-state index in [9.17, 15) is 13.2 Å². The summed E-state index contributed by atoms with van der Waals surface area (Å²) in [5.74, 6) is 0. The molecule has 2 N–H and O–H groups in total. The first-order chi connectivity index (χ1) is 6.45. The van der Waals surface area contributed by atoms with Crippen LogP contribution in [-0.2, 0) is 14.8 Å². The zero-order valence-electron chi connectivity index (χ0n) is 6.77. The van der Waals surface area contributed by atoms with Gasteiger partial charge in [0.2, 0.25) is 16.1 Å². The van der Waals surface area contributed by atoms with Gasteiger partial charge in [0, 0.05) is 3.57 Å². The van der Waals surface area contributed by atoms with E-state index >= 15 is 0 Å². The molecule has 1 aromatic carbocycles. The first kappa shape index (κ1) is 11.3. The molecule has 5 nitrogen and oxygen atoms in total. The number of aliphatic imine (C=N–C) groups is 1. The van der Waals surface area contributed by atoms with Crippen LogP contribution in [0.4, 0.5) is 5.69 Å². The van der Waals surface area contributed by atoms with Gasteiger partial charge in [-0.1, -0.05) is 0 Å². The first-order valence-electron chi connectivity index (χ1n) is 3.35. The number of carbonyl (C=O) groups excluding carboxylic acids is 1. The molecule has 1 rings (SSSR count). The Morgan fingerprint density at radius 1 is 1.43 bits per heavy atom. The van der Waals surface area contributed by atoms with Crippen molar-refractivity contribution in [3.8, 4) is 0 Å². The minimum absolute atomic E-state index is 0.00270. The molecule has 0 aromatic heterocycles. The fourth-order valence-corrected chi connectivity index (χ4v) is 2.26. The van der Waals surface area contributed by atoms with Gasteiger partial charge in [0.1, 0.15) is 4.90 Å². The zero-order valence-corrected chi connectivity index (χ0v) is 9.74. The molecule has 1 aromatic rings. The van der Waals surface area contributed by atoms with E-state index in [1.165, 1.54) is 18.2 Å². The number of hydrogen-bond acceptors (Lipinski definition) is 4. The summed E-state index contributed by atoms with van der Waals surface area (Å²) in [4.78, 5) is 13.1. The Kier molecular flexibility index (Phi) is 3.38. The highest BCUT2D eigenvalue weighted by atomic mass is 127. The lowest BCUT2D eigenvalue weighted by molar-refractivity contribution is 0.565. The van der Waals surface area contributed by atoms with E-state index in [-0.39, 0.29) is 10.6 Å². The van der Waals surface area contributed by atoms with Crippen molar-refractivity contribution in [2.75, 3.05) is 0 Å². The van der Waals surface area contributed by atoms with Crippen molar-refractivity contribution < 1.29 is 13.2 Å². The van der Waals surface area contributed by atoms with Crippen LogP contribution in [0.1, 0.15) is 0 Å². The van der Waals surface area contributed by atoms with Crippen molar-refractivity contribution in [2.24, 2.45) is 10.1 Å². The topological polar surface area (TPSA) is 89.6 Å². The third kappa shape index (κ3) is 2.61. The third-order valence-corrected chi connectivity index (χ3v) is 3.01. The van der Waals surface area contributed by atoms with E-state index in [4.69, 9.17) is 5.14 Å². The number of sulfonamides is 1. The molecule has 0 heterocycles. The second-order valence-electron chi connectivity index (χ2n) is 2.36. The van der Waals surface area contributed by atoms with Crippen LogP contribution in [0.2, 0.25) is 0 Å². The van der Waals surface area contributed by atoms with E-state index in [1.807, 2.05) is 22.6 Å². The maximum absolute atomic E-state index is 11.1. The predicted molar refractivity (Wildman–Crippen MR) is 58.3 cm³/mol.